The van der Waals surface area contributed by atoms with Gasteiger partial charge < -0.3 is 5.32 Å². The third-order valence-corrected chi connectivity index (χ3v) is 4.77. The van der Waals surface area contributed by atoms with E-state index in [1.165, 1.54) is 17.0 Å². The molecule has 0 saturated heterocycles. The molecule has 0 spiro atoms. The zero-order chi connectivity index (χ0) is 15.5. The molecule has 0 radical (unpaired) electrons. The summed E-state index contributed by atoms with van der Waals surface area (Å²) in [5.74, 6) is 4.58. The molecular formula is C17H15FN2OS. The molecule has 0 fully saturated rings. The van der Waals surface area contributed by atoms with Crippen LogP contribution in [0, 0.1) is 17.7 Å². The number of aryl methyl sites for hydroxylation is 1. The summed E-state index contributed by atoms with van der Waals surface area (Å²) in [6, 6.07) is 6.26. The van der Waals surface area contributed by atoms with E-state index in [1.54, 1.807) is 30.4 Å². The van der Waals surface area contributed by atoms with Crippen molar-refractivity contribution in [3.05, 3.63) is 40.7 Å². The second-order valence-electron chi connectivity index (χ2n) is 5.13. The van der Waals surface area contributed by atoms with Crippen LogP contribution in [-0.2, 0) is 11.2 Å². The first-order valence-electron chi connectivity index (χ1n) is 7.16. The molecule has 112 valence electrons. The van der Waals surface area contributed by atoms with Gasteiger partial charge in [0, 0.05) is 10.4 Å². The topological polar surface area (TPSA) is 42.0 Å². The molecule has 0 saturated carbocycles. The SMILES string of the molecule is CC#CC(=O)NC1CCCc2sc(-c3ccc(F)cc3)nc21. The second kappa shape index (κ2) is 6.29. The van der Waals surface area contributed by atoms with E-state index in [0.717, 1.165) is 35.5 Å². The van der Waals surface area contributed by atoms with Gasteiger partial charge in [0.2, 0.25) is 0 Å². The first kappa shape index (κ1) is 14.7. The summed E-state index contributed by atoms with van der Waals surface area (Å²) in [5.41, 5.74) is 1.83. The van der Waals surface area contributed by atoms with Crippen molar-refractivity contribution in [2.45, 2.75) is 32.2 Å². The number of carbonyl (C=O) groups excluding carboxylic acids is 1. The van der Waals surface area contributed by atoms with Crippen molar-refractivity contribution >= 4 is 17.2 Å². The molecule has 0 aliphatic heterocycles. The molecule has 2 aromatic rings. The molecule has 1 aromatic heterocycles. The standard InChI is InChI=1S/C17H15FN2OS/c1-2-4-15(21)19-13-5-3-6-14-16(13)20-17(22-14)11-7-9-12(18)10-8-11/h7-10,13H,3,5-6H2,1H3,(H,19,21). The van der Waals surface area contributed by atoms with Gasteiger partial charge in [-0.15, -0.1) is 11.3 Å². The zero-order valence-corrected chi connectivity index (χ0v) is 13.0. The molecule has 1 aromatic carbocycles. The number of aromatic nitrogens is 1. The molecule has 5 heteroatoms. The number of amides is 1. The van der Waals surface area contributed by atoms with Crippen LogP contribution in [0.1, 0.15) is 36.4 Å². The number of thiazole rings is 1. The molecule has 1 heterocycles. The average Bonchev–Trinajstić information content (AvgIpc) is 2.93. The van der Waals surface area contributed by atoms with E-state index in [1.807, 2.05) is 0 Å². The second-order valence-corrected chi connectivity index (χ2v) is 6.21. The van der Waals surface area contributed by atoms with Crippen molar-refractivity contribution < 1.29 is 9.18 Å². The van der Waals surface area contributed by atoms with E-state index in [-0.39, 0.29) is 17.8 Å². The Kier molecular flexibility index (Phi) is 4.21. The van der Waals surface area contributed by atoms with Gasteiger partial charge in [-0.25, -0.2) is 9.37 Å². The Balaban J connectivity index is 1.89. The Morgan fingerprint density at radius 2 is 2.18 bits per heavy atom. The van der Waals surface area contributed by atoms with Crippen LogP contribution in [0.25, 0.3) is 10.6 Å². The predicted molar refractivity (Wildman–Crippen MR) is 84.8 cm³/mol. The summed E-state index contributed by atoms with van der Waals surface area (Å²) in [5, 5.41) is 3.79. The van der Waals surface area contributed by atoms with Crippen molar-refractivity contribution in [3.8, 4) is 22.4 Å². The van der Waals surface area contributed by atoms with Crippen LogP contribution < -0.4 is 5.32 Å². The molecule has 3 nitrogen and oxygen atoms in total. The predicted octanol–water partition coefficient (Wildman–Crippen LogP) is 3.47. The lowest BCUT2D eigenvalue weighted by molar-refractivity contribution is -0.116. The van der Waals surface area contributed by atoms with Gasteiger partial charge in [0.1, 0.15) is 10.8 Å². The van der Waals surface area contributed by atoms with Crippen LogP contribution >= 0.6 is 11.3 Å². The zero-order valence-electron chi connectivity index (χ0n) is 12.1. The van der Waals surface area contributed by atoms with Crippen molar-refractivity contribution in [3.63, 3.8) is 0 Å². The van der Waals surface area contributed by atoms with Gasteiger partial charge in [0.25, 0.3) is 5.91 Å². The third-order valence-electron chi connectivity index (χ3n) is 3.59. The monoisotopic (exact) mass is 314 g/mol. The van der Waals surface area contributed by atoms with Crippen molar-refractivity contribution in [1.82, 2.24) is 10.3 Å². The van der Waals surface area contributed by atoms with Gasteiger partial charge in [-0.2, -0.15) is 0 Å². The van der Waals surface area contributed by atoms with E-state index in [2.05, 4.69) is 22.1 Å². The summed E-state index contributed by atoms with van der Waals surface area (Å²) in [6.07, 6.45) is 2.86. The first-order chi connectivity index (χ1) is 10.7. The van der Waals surface area contributed by atoms with Gasteiger partial charge in [-0.05, 0) is 56.4 Å². The quantitative estimate of drug-likeness (QED) is 0.863. The molecule has 1 aliphatic rings. The van der Waals surface area contributed by atoms with Gasteiger partial charge in [-0.1, -0.05) is 5.92 Å². The number of carbonyl (C=O) groups is 1. The van der Waals surface area contributed by atoms with E-state index < -0.39 is 0 Å². The van der Waals surface area contributed by atoms with E-state index in [0.29, 0.717) is 0 Å². The number of nitrogens with one attached hydrogen (secondary N) is 1. The third kappa shape index (κ3) is 3.02. The minimum absolute atomic E-state index is 0.0810. The molecule has 1 amide bonds. The first-order valence-corrected chi connectivity index (χ1v) is 7.98. The number of benzene rings is 1. The highest BCUT2D eigenvalue weighted by Gasteiger charge is 2.26. The fourth-order valence-corrected chi connectivity index (χ4v) is 3.75. The van der Waals surface area contributed by atoms with Gasteiger partial charge >= 0.3 is 0 Å². The number of hydrogen-bond donors (Lipinski definition) is 1. The summed E-state index contributed by atoms with van der Waals surface area (Å²) in [7, 11) is 0. The molecule has 0 bridgehead atoms. The van der Waals surface area contributed by atoms with Gasteiger partial charge in [0.15, 0.2) is 0 Å². The Labute approximate surface area is 132 Å². The highest BCUT2D eigenvalue weighted by atomic mass is 32.1. The number of hydrogen-bond acceptors (Lipinski definition) is 3. The maximum absolute atomic E-state index is 13.0. The van der Waals surface area contributed by atoms with E-state index in [9.17, 15) is 9.18 Å². The fourth-order valence-electron chi connectivity index (χ4n) is 2.58. The highest BCUT2D eigenvalue weighted by molar-refractivity contribution is 7.15. The molecule has 1 atom stereocenters. The Bertz CT molecular complexity index is 755. The lowest BCUT2D eigenvalue weighted by Crippen LogP contribution is -2.29. The maximum atomic E-state index is 13.0. The minimum Gasteiger partial charge on any atom is -0.337 e. The molecule has 22 heavy (non-hydrogen) atoms. The van der Waals surface area contributed by atoms with Gasteiger partial charge in [0.05, 0.1) is 11.7 Å². The molecule has 1 unspecified atom stereocenters. The molecule has 1 N–H and O–H groups in total. The number of halogens is 1. The average molecular weight is 314 g/mol. The highest BCUT2D eigenvalue weighted by Crippen LogP contribution is 2.37. The van der Waals surface area contributed by atoms with Crippen LogP contribution in [0.5, 0.6) is 0 Å². The van der Waals surface area contributed by atoms with Crippen LogP contribution in [0.4, 0.5) is 4.39 Å². The Morgan fingerprint density at radius 1 is 1.41 bits per heavy atom. The lowest BCUT2D eigenvalue weighted by Gasteiger charge is -2.21. The normalized spacial score (nSPS) is 16.4. The Morgan fingerprint density at radius 3 is 2.91 bits per heavy atom. The summed E-state index contributed by atoms with van der Waals surface area (Å²) >= 11 is 1.62. The van der Waals surface area contributed by atoms with Crippen molar-refractivity contribution in [2.75, 3.05) is 0 Å². The van der Waals surface area contributed by atoms with Crippen LogP contribution in [0.15, 0.2) is 24.3 Å². The molecule has 1 aliphatic carbocycles. The summed E-state index contributed by atoms with van der Waals surface area (Å²) in [4.78, 5) is 17.6. The lowest BCUT2D eigenvalue weighted by atomic mass is 9.97. The van der Waals surface area contributed by atoms with Crippen molar-refractivity contribution in [2.24, 2.45) is 0 Å². The molecular weight excluding hydrogens is 299 g/mol. The molecule has 3 rings (SSSR count). The minimum atomic E-state index is -0.267. The smallest absolute Gasteiger partial charge is 0.296 e. The fraction of sp³-hybridized carbons (Fsp3) is 0.294. The van der Waals surface area contributed by atoms with E-state index in [4.69, 9.17) is 0 Å². The summed E-state index contributed by atoms with van der Waals surface area (Å²) < 4.78 is 13.0. The number of nitrogens with zero attached hydrogens (tertiary/aromatic N) is 1. The van der Waals surface area contributed by atoms with Gasteiger partial charge in [-0.3, -0.25) is 4.79 Å². The van der Waals surface area contributed by atoms with E-state index >= 15 is 0 Å². The summed E-state index contributed by atoms with van der Waals surface area (Å²) in [6.45, 7) is 1.64. The van der Waals surface area contributed by atoms with Crippen LogP contribution in [0.2, 0.25) is 0 Å². The van der Waals surface area contributed by atoms with Crippen LogP contribution in [-0.4, -0.2) is 10.9 Å². The number of rotatable bonds is 2. The maximum Gasteiger partial charge on any atom is 0.296 e. The van der Waals surface area contributed by atoms with Crippen molar-refractivity contribution in [1.29, 1.82) is 0 Å². The largest absolute Gasteiger partial charge is 0.337 e. The number of fused-ring (bicyclic) bond motifs is 1. The van der Waals surface area contributed by atoms with Crippen LogP contribution in [0.3, 0.4) is 0 Å². The Hall–Kier alpha value is -2.19.